The van der Waals surface area contributed by atoms with Crippen molar-refractivity contribution in [2.75, 3.05) is 44.2 Å². The quantitative estimate of drug-likeness (QED) is 0.625. The van der Waals surface area contributed by atoms with Gasteiger partial charge in [-0.1, -0.05) is 22.8 Å². The Morgan fingerprint density at radius 3 is 2.65 bits per heavy atom. The molecule has 1 N–H and O–H groups in total. The maximum absolute atomic E-state index is 14.3. The van der Waals surface area contributed by atoms with Crippen molar-refractivity contribution < 1.29 is 13.7 Å². The fourth-order valence-electron chi connectivity index (χ4n) is 3.58. The lowest BCUT2D eigenvalue weighted by molar-refractivity contribution is 0.0947. The van der Waals surface area contributed by atoms with Crippen molar-refractivity contribution >= 4 is 23.5 Å². The van der Waals surface area contributed by atoms with Gasteiger partial charge in [0.15, 0.2) is 0 Å². The summed E-state index contributed by atoms with van der Waals surface area (Å²) in [5, 5.41) is 6.93. The van der Waals surface area contributed by atoms with Crippen LogP contribution in [0.2, 0.25) is 5.02 Å². The number of hydrogen-bond donors (Lipinski definition) is 1. The number of nitrogens with one attached hydrogen (secondary N) is 1. The molecule has 0 unspecified atom stereocenters. The van der Waals surface area contributed by atoms with Crippen LogP contribution in [0.5, 0.6) is 0 Å². The Bertz CT molecular complexity index is 1030. The molecule has 0 radical (unpaired) electrons. The molecule has 3 aromatic rings. The van der Waals surface area contributed by atoms with Crippen molar-refractivity contribution in [1.82, 2.24) is 25.3 Å². The van der Waals surface area contributed by atoms with Gasteiger partial charge in [-0.25, -0.2) is 14.4 Å². The molecule has 1 aromatic carbocycles. The van der Waals surface area contributed by atoms with Gasteiger partial charge in [-0.15, -0.1) is 0 Å². The van der Waals surface area contributed by atoms with Crippen molar-refractivity contribution in [3.8, 4) is 11.3 Å². The Kier molecular flexibility index (Phi) is 6.43. The normalized spacial score (nSPS) is 14.6. The minimum atomic E-state index is -0.560. The van der Waals surface area contributed by atoms with E-state index in [9.17, 15) is 9.18 Å². The first-order valence-electron chi connectivity index (χ1n) is 9.97. The Morgan fingerprint density at radius 1 is 1.19 bits per heavy atom. The van der Waals surface area contributed by atoms with Crippen LogP contribution < -0.4 is 10.2 Å². The molecule has 0 aliphatic carbocycles. The van der Waals surface area contributed by atoms with E-state index in [0.29, 0.717) is 18.8 Å². The summed E-state index contributed by atoms with van der Waals surface area (Å²) in [7, 11) is 0. The van der Waals surface area contributed by atoms with Crippen molar-refractivity contribution in [2.24, 2.45) is 0 Å². The second kappa shape index (κ2) is 9.40. The highest BCUT2D eigenvalue weighted by molar-refractivity contribution is 6.33. The first-order chi connectivity index (χ1) is 15.0. The molecule has 3 heterocycles. The third-order valence-electron chi connectivity index (χ3n) is 5.21. The summed E-state index contributed by atoms with van der Waals surface area (Å²) in [6.07, 6.45) is 3.47. The molecule has 0 spiro atoms. The van der Waals surface area contributed by atoms with Gasteiger partial charge in [-0.2, -0.15) is 0 Å². The van der Waals surface area contributed by atoms with E-state index < -0.39 is 5.82 Å². The van der Waals surface area contributed by atoms with Crippen molar-refractivity contribution in [3.63, 3.8) is 0 Å². The van der Waals surface area contributed by atoms with Gasteiger partial charge in [0, 0.05) is 51.7 Å². The predicted molar refractivity (Wildman–Crippen MR) is 115 cm³/mol. The van der Waals surface area contributed by atoms with Crippen LogP contribution in [-0.4, -0.2) is 65.2 Å². The molecule has 1 saturated heterocycles. The second-order valence-corrected chi connectivity index (χ2v) is 7.60. The molecular weight excluding hydrogens is 423 g/mol. The Morgan fingerprint density at radius 2 is 1.94 bits per heavy atom. The number of rotatable bonds is 6. The molecule has 0 atom stereocenters. The highest BCUT2D eigenvalue weighted by atomic mass is 35.5. The van der Waals surface area contributed by atoms with Gasteiger partial charge in [0.25, 0.3) is 5.91 Å². The summed E-state index contributed by atoms with van der Waals surface area (Å²) >= 11 is 6.14. The van der Waals surface area contributed by atoms with Crippen LogP contribution >= 0.6 is 11.6 Å². The van der Waals surface area contributed by atoms with Crippen LogP contribution in [0, 0.1) is 12.7 Å². The Hall–Kier alpha value is -3.04. The molecule has 1 amide bonds. The number of piperazine rings is 1. The topological polar surface area (TPSA) is 87.4 Å². The van der Waals surface area contributed by atoms with E-state index >= 15 is 0 Å². The number of amides is 1. The van der Waals surface area contributed by atoms with Crippen LogP contribution in [0.25, 0.3) is 11.3 Å². The standard InChI is InChI=1S/C21H22ClFN6O2/c1-14-17(19(27-31-14)18-15(22)4-2-5-16(18)23)20(30)24-8-9-28-10-12-29(13-11-28)21-25-6-3-7-26-21/h2-7H,8-13H2,1H3,(H,24,30). The van der Waals surface area contributed by atoms with E-state index in [2.05, 4.69) is 30.2 Å². The zero-order valence-electron chi connectivity index (χ0n) is 17.0. The Balaban J connectivity index is 1.34. The second-order valence-electron chi connectivity index (χ2n) is 7.19. The number of halogens is 2. The molecule has 1 aliphatic rings. The molecular formula is C21H22ClFN6O2. The lowest BCUT2D eigenvalue weighted by Crippen LogP contribution is -2.49. The van der Waals surface area contributed by atoms with Gasteiger partial charge >= 0.3 is 0 Å². The number of carbonyl (C=O) groups is 1. The third kappa shape index (κ3) is 4.67. The molecule has 0 bridgehead atoms. The molecule has 1 fully saturated rings. The number of anilines is 1. The van der Waals surface area contributed by atoms with E-state index in [0.717, 1.165) is 32.1 Å². The number of benzene rings is 1. The van der Waals surface area contributed by atoms with E-state index in [1.165, 1.54) is 12.1 Å². The van der Waals surface area contributed by atoms with Crippen LogP contribution in [0.3, 0.4) is 0 Å². The van der Waals surface area contributed by atoms with Crippen LogP contribution in [0.15, 0.2) is 41.2 Å². The molecule has 162 valence electrons. The number of hydrogen-bond acceptors (Lipinski definition) is 7. The molecule has 31 heavy (non-hydrogen) atoms. The van der Waals surface area contributed by atoms with E-state index in [-0.39, 0.29) is 27.8 Å². The smallest absolute Gasteiger partial charge is 0.257 e. The first kappa shape index (κ1) is 21.2. The summed E-state index contributed by atoms with van der Waals surface area (Å²) in [5.41, 5.74) is 0.359. The lowest BCUT2D eigenvalue weighted by atomic mass is 10.0. The molecule has 8 nitrogen and oxygen atoms in total. The monoisotopic (exact) mass is 444 g/mol. The zero-order chi connectivity index (χ0) is 21.8. The predicted octanol–water partition coefficient (Wildman–Crippen LogP) is 2.78. The Labute approximate surface area is 184 Å². The van der Waals surface area contributed by atoms with Crippen molar-refractivity contribution in [1.29, 1.82) is 0 Å². The minimum absolute atomic E-state index is 0.0606. The zero-order valence-corrected chi connectivity index (χ0v) is 17.8. The molecule has 1 aliphatic heterocycles. The molecule has 2 aromatic heterocycles. The summed E-state index contributed by atoms with van der Waals surface area (Å²) in [6.45, 7) is 6.07. The highest BCUT2D eigenvalue weighted by Crippen LogP contribution is 2.33. The van der Waals surface area contributed by atoms with E-state index in [1.807, 2.05) is 0 Å². The lowest BCUT2D eigenvalue weighted by Gasteiger charge is -2.34. The maximum atomic E-state index is 14.3. The number of aromatic nitrogens is 3. The minimum Gasteiger partial charge on any atom is -0.360 e. The summed E-state index contributed by atoms with van der Waals surface area (Å²) in [6, 6.07) is 6.11. The van der Waals surface area contributed by atoms with E-state index in [4.69, 9.17) is 16.1 Å². The average molecular weight is 445 g/mol. The van der Waals surface area contributed by atoms with Gasteiger partial charge in [-0.05, 0) is 25.1 Å². The fourth-order valence-corrected chi connectivity index (χ4v) is 3.83. The third-order valence-corrected chi connectivity index (χ3v) is 5.53. The summed E-state index contributed by atoms with van der Waals surface area (Å²) in [4.78, 5) is 25.8. The SMILES string of the molecule is Cc1onc(-c2c(F)cccc2Cl)c1C(=O)NCCN1CCN(c2ncccn2)CC1. The molecule has 0 saturated carbocycles. The van der Waals surface area contributed by atoms with Gasteiger partial charge in [0.05, 0.1) is 10.6 Å². The first-order valence-corrected chi connectivity index (χ1v) is 10.4. The fraction of sp³-hybridized carbons (Fsp3) is 0.333. The van der Waals surface area contributed by atoms with Gasteiger partial charge in [-0.3, -0.25) is 9.69 Å². The van der Waals surface area contributed by atoms with Crippen LogP contribution in [0.1, 0.15) is 16.1 Å². The van der Waals surface area contributed by atoms with Crippen LogP contribution in [0.4, 0.5) is 10.3 Å². The van der Waals surface area contributed by atoms with Gasteiger partial charge in [0.2, 0.25) is 5.95 Å². The maximum Gasteiger partial charge on any atom is 0.257 e. The van der Waals surface area contributed by atoms with Gasteiger partial charge in [0.1, 0.15) is 22.8 Å². The summed E-state index contributed by atoms with van der Waals surface area (Å²) < 4.78 is 19.5. The van der Waals surface area contributed by atoms with Crippen molar-refractivity contribution in [3.05, 3.63) is 58.8 Å². The van der Waals surface area contributed by atoms with E-state index in [1.54, 1.807) is 31.5 Å². The summed E-state index contributed by atoms with van der Waals surface area (Å²) in [5.74, 6) is 0.112. The molecule has 4 rings (SSSR count). The highest BCUT2D eigenvalue weighted by Gasteiger charge is 2.25. The van der Waals surface area contributed by atoms with Gasteiger partial charge < -0.3 is 14.7 Å². The number of carbonyl (C=O) groups excluding carboxylic acids is 1. The molecule has 10 heteroatoms. The number of aryl methyl sites for hydroxylation is 1. The van der Waals surface area contributed by atoms with Crippen molar-refractivity contribution in [2.45, 2.75) is 6.92 Å². The van der Waals surface area contributed by atoms with Crippen LogP contribution in [-0.2, 0) is 0 Å². The largest absolute Gasteiger partial charge is 0.360 e. The average Bonchev–Trinajstić information content (AvgIpc) is 3.16. The number of nitrogens with zero attached hydrogens (tertiary/aromatic N) is 5.